The number of aryl methyl sites for hydroxylation is 2. The van der Waals surface area contributed by atoms with E-state index in [0.717, 1.165) is 6.54 Å². The highest BCUT2D eigenvalue weighted by molar-refractivity contribution is 8.00. The van der Waals surface area contributed by atoms with Crippen molar-refractivity contribution in [2.75, 3.05) is 11.9 Å². The van der Waals surface area contributed by atoms with Crippen LogP contribution in [0.2, 0.25) is 0 Å². The Hall–Kier alpha value is -1.41. The number of rotatable bonds is 2. The van der Waals surface area contributed by atoms with Crippen LogP contribution in [-0.4, -0.2) is 11.8 Å². The molecule has 1 N–H and O–H groups in total. The summed E-state index contributed by atoms with van der Waals surface area (Å²) in [5.74, 6) is 0. The Morgan fingerprint density at radius 1 is 1.05 bits per heavy atom. The molecule has 0 bridgehead atoms. The number of nitrogens with one attached hydrogen (secondary N) is 1. The van der Waals surface area contributed by atoms with Gasteiger partial charge in [-0.05, 0) is 43.5 Å². The first kappa shape index (κ1) is 12.6. The van der Waals surface area contributed by atoms with Gasteiger partial charge in [0.1, 0.15) is 0 Å². The molecule has 1 aliphatic rings. The van der Waals surface area contributed by atoms with Crippen LogP contribution in [0.3, 0.4) is 0 Å². The summed E-state index contributed by atoms with van der Waals surface area (Å²) in [6.07, 6.45) is 2.41. The number of fused-ring (bicyclic) bond motifs is 1. The fourth-order valence-electron chi connectivity index (χ4n) is 2.46. The smallest absolute Gasteiger partial charge is 0.0373 e. The molecule has 1 nitrogen and oxygen atoms in total. The summed E-state index contributed by atoms with van der Waals surface area (Å²) in [7, 11) is 0. The predicted octanol–water partition coefficient (Wildman–Crippen LogP) is 4.51. The molecule has 0 aromatic heterocycles. The monoisotopic (exact) mass is 269 g/mol. The lowest BCUT2D eigenvalue weighted by molar-refractivity contribution is 0.803. The van der Waals surface area contributed by atoms with Crippen molar-refractivity contribution >= 4 is 17.4 Å². The first-order valence-corrected chi connectivity index (χ1v) is 7.74. The van der Waals surface area contributed by atoms with Gasteiger partial charge in [0, 0.05) is 22.4 Å². The normalized spacial score (nSPS) is 18.3. The van der Waals surface area contributed by atoms with Gasteiger partial charge in [0.05, 0.1) is 0 Å². The summed E-state index contributed by atoms with van der Waals surface area (Å²) in [5, 5.41) is 4.23. The third kappa shape index (κ3) is 3.13. The molecule has 0 saturated heterocycles. The minimum atomic E-state index is 0.648. The second-order valence-corrected chi connectivity index (χ2v) is 6.50. The topological polar surface area (TPSA) is 12.0 Å². The minimum Gasteiger partial charge on any atom is -0.384 e. The van der Waals surface area contributed by atoms with Gasteiger partial charge in [-0.1, -0.05) is 35.9 Å². The molecule has 1 aliphatic heterocycles. The highest BCUT2D eigenvalue weighted by Gasteiger charge is 2.16. The SMILES string of the molecule is Cc1ccc(SC2CCc3ccccc3NC2)cc1. The van der Waals surface area contributed by atoms with Gasteiger partial charge < -0.3 is 5.32 Å². The summed E-state index contributed by atoms with van der Waals surface area (Å²) in [5.41, 5.74) is 4.10. The number of anilines is 1. The first-order chi connectivity index (χ1) is 9.31. The zero-order chi connectivity index (χ0) is 13.1. The fourth-order valence-corrected chi connectivity index (χ4v) is 3.54. The first-order valence-electron chi connectivity index (χ1n) is 6.86. The molecular weight excluding hydrogens is 250 g/mol. The zero-order valence-electron chi connectivity index (χ0n) is 11.2. The third-order valence-electron chi connectivity index (χ3n) is 3.60. The maximum absolute atomic E-state index is 3.59. The van der Waals surface area contributed by atoms with Crippen molar-refractivity contribution in [2.24, 2.45) is 0 Å². The lowest BCUT2D eigenvalue weighted by Gasteiger charge is -2.14. The summed E-state index contributed by atoms with van der Waals surface area (Å²) in [6.45, 7) is 3.19. The molecule has 1 atom stereocenters. The van der Waals surface area contributed by atoms with Gasteiger partial charge in [0.15, 0.2) is 0 Å². The number of hydrogen-bond acceptors (Lipinski definition) is 2. The quantitative estimate of drug-likeness (QED) is 0.860. The van der Waals surface area contributed by atoms with Crippen molar-refractivity contribution in [1.29, 1.82) is 0 Å². The molecule has 19 heavy (non-hydrogen) atoms. The van der Waals surface area contributed by atoms with Crippen molar-refractivity contribution in [3.05, 3.63) is 59.7 Å². The molecule has 2 aromatic carbocycles. The van der Waals surface area contributed by atoms with E-state index >= 15 is 0 Å². The van der Waals surface area contributed by atoms with Crippen LogP contribution in [0, 0.1) is 6.92 Å². The maximum atomic E-state index is 3.59. The van der Waals surface area contributed by atoms with Crippen molar-refractivity contribution in [1.82, 2.24) is 0 Å². The van der Waals surface area contributed by atoms with Crippen LogP contribution in [0.25, 0.3) is 0 Å². The molecule has 3 rings (SSSR count). The molecule has 0 fully saturated rings. The van der Waals surface area contributed by atoms with Gasteiger partial charge >= 0.3 is 0 Å². The maximum Gasteiger partial charge on any atom is 0.0373 e. The summed E-state index contributed by atoms with van der Waals surface area (Å²) >= 11 is 1.99. The average molecular weight is 269 g/mol. The van der Waals surface area contributed by atoms with Crippen LogP contribution in [0.4, 0.5) is 5.69 Å². The van der Waals surface area contributed by atoms with Crippen LogP contribution in [0.1, 0.15) is 17.5 Å². The largest absolute Gasteiger partial charge is 0.384 e. The molecule has 0 aliphatic carbocycles. The van der Waals surface area contributed by atoms with E-state index in [4.69, 9.17) is 0 Å². The van der Waals surface area contributed by atoms with E-state index in [2.05, 4.69) is 60.8 Å². The summed E-state index contributed by atoms with van der Waals surface area (Å²) in [4.78, 5) is 1.38. The number of para-hydroxylation sites is 1. The van der Waals surface area contributed by atoms with Crippen molar-refractivity contribution in [2.45, 2.75) is 29.9 Å². The lowest BCUT2D eigenvalue weighted by atomic mass is 10.1. The van der Waals surface area contributed by atoms with E-state index < -0.39 is 0 Å². The predicted molar refractivity (Wildman–Crippen MR) is 84.1 cm³/mol. The van der Waals surface area contributed by atoms with Crippen LogP contribution >= 0.6 is 11.8 Å². The Kier molecular flexibility index (Phi) is 3.79. The van der Waals surface area contributed by atoms with Gasteiger partial charge in [-0.15, -0.1) is 11.8 Å². The molecule has 1 unspecified atom stereocenters. The van der Waals surface area contributed by atoms with Gasteiger partial charge in [-0.25, -0.2) is 0 Å². The third-order valence-corrected chi connectivity index (χ3v) is 4.88. The minimum absolute atomic E-state index is 0.648. The zero-order valence-corrected chi connectivity index (χ0v) is 12.0. The Bertz CT molecular complexity index is 520. The molecule has 0 saturated carbocycles. The van der Waals surface area contributed by atoms with E-state index in [-0.39, 0.29) is 0 Å². The molecule has 0 radical (unpaired) electrons. The molecule has 0 spiro atoms. The standard InChI is InChI=1S/C17H19NS/c1-13-6-9-15(10-7-13)19-16-11-8-14-4-2-3-5-17(14)18-12-16/h2-7,9-10,16,18H,8,11-12H2,1H3. The van der Waals surface area contributed by atoms with Crippen molar-refractivity contribution in [3.63, 3.8) is 0 Å². The van der Waals surface area contributed by atoms with Gasteiger partial charge in [0.25, 0.3) is 0 Å². The Morgan fingerprint density at radius 3 is 2.68 bits per heavy atom. The van der Waals surface area contributed by atoms with Gasteiger partial charge in [0.2, 0.25) is 0 Å². The van der Waals surface area contributed by atoms with E-state index in [0.29, 0.717) is 5.25 Å². The number of hydrogen-bond donors (Lipinski definition) is 1. The second kappa shape index (κ2) is 5.70. The number of thioether (sulfide) groups is 1. The highest BCUT2D eigenvalue weighted by Crippen LogP contribution is 2.30. The van der Waals surface area contributed by atoms with Gasteiger partial charge in [-0.2, -0.15) is 0 Å². The van der Waals surface area contributed by atoms with E-state index in [1.807, 2.05) is 11.8 Å². The summed E-state index contributed by atoms with van der Waals surface area (Å²) in [6, 6.07) is 17.5. The lowest BCUT2D eigenvalue weighted by Crippen LogP contribution is -2.14. The van der Waals surface area contributed by atoms with Crippen molar-refractivity contribution < 1.29 is 0 Å². The summed E-state index contributed by atoms with van der Waals surface area (Å²) < 4.78 is 0. The molecule has 2 aromatic rings. The number of benzene rings is 2. The van der Waals surface area contributed by atoms with Crippen LogP contribution in [-0.2, 0) is 6.42 Å². The van der Waals surface area contributed by atoms with E-state index in [1.54, 1.807) is 0 Å². The highest BCUT2D eigenvalue weighted by atomic mass is 32.2. The van der Waals surface area contributed by atoms with Crippen LogP contribution in [0.5, 0.6) is 0 Å². The Balaban J connectivity index is 1.67. The molecule has 1 heterocycles. The molecule has 98 valence electrons. The molecule has 2 heteroatoms. The Labute approximate surface area is 119 Å². The van der Waals surface area contributed by atoms with Crippen LogP contribution in [0.15, 0.2) is 53.4 Å². The molecular formula is C17H19NS. The van der Waals surface area contributed by atoms with Crippen molar-refractivity contribution in [3.8, 4) is 0 Å². The van der Waals surface area contributed by atoms with Gasteiger partial charge in [-0.3, -0.25) is 0 Å². The van der Waals surface area contributed by atoms with E-state index in [9.17, 15) is 0 Å². The second-order valence-electron chi connectivity index (χ2n) is 5.13. The Morgan fingerprint density at radius 2 is 1.84 bits per heavy atom. The van der Waals surface area contributed by atoms with Crippen LogP contribution < -0.4 is 5.32 Å². The molecule has 0 amide bonds. The van der Waals surface area contributed by atoms with E-state index in [1.165, 1.54) is 34.6 Å². The fraction of sp³-hybridized carbons (Fsp3) is 0.294. The average Bonchev–Trinajstić information content (AvgIpc) is 2.64.